The largest absolute Gasteiger partial charge is 0.103 e. The van der Waals surface area contributed by atoms with Crippen molar-refractivity contribution in [2.45, 2.75) is 32.1 Å². The highest BCUT2D eigenvalue weighted by molar-refractivity contribution is 7.78. The van der Waals surface area contributed by atoms with Crippen LogP contribution in [0.4, 0.5) is 0 Å². The van der Waals surface area contributed by atoms with Gasteiger partial charge in [0.2, 0.25) is 0 Å². The van der Waals surface area contributed by atoms with Crippen molar-refractivity contribution in [3.8, 4) is 0 Å². The Morgan fingerprint density at radius 1 is 1.11 bits per heavy atom. The van der Waals surface area contributed by atoms with E-state index < -0.39 is 0 Å². The van der Waals surface area contributed by atoms with Gasteiger partial charge < -0.3 is 0 Å². The Labute approximate surface area is 63.0 Å². The molecule has 0 atom stereocenters. The minimum Gasteiger partial charge on any atom is -0.103 e. The third-order valence-electron chi connectivity index (χ3n) is 1.23. The molecule has 52 valence electrons. The van der Waals surface area contributed by atoms with E-state index in [1.807, 2.05) is 11.4 Å². The van der Waals surface area contributed by atoms with Crippen molar-refractivity contribution in [2.24, 2.45) is 0 Å². The van der Waals surface area contributed by atoms with Crippen molar-refractivity contribution >= 4 is 17.6 Å². The Morgan fingerprint density at radius 2 is 1.78 bits per heavy atom. The predicted octanol–water partition coefficient (Wildman–Crippen LogP) is 3.12. The van der Waals surface area contributed by atoms with Crippen LogP contribution in [-0.4, -0.2) is 5.37 Å². The Hall–Kier alpha value is -0.170. The molecule has 0 saturated heterocycles. The molecule has 0 aliphatic rings. The molecule has 0 aromatic heterocycles. The molecule has 0 saturated carbocycles. The Morgan fingerprint density at radius 3 is 2.33 bits per heavy atom. The van der Waals surface area contributed by atoms with E-state index >= 15 is 0 Å². The normalized spacial score (nSPS) is 8.89. The molecule has 0 spiro atoms. The third kappa shape index (κ3) is 7.83. The molecule has 0 aromatic rings. The summed E-state index contributed by atoms with van der Waals surface area (Å²) in [6.07, 6.45) is 8.02. The molecule has 0 N–H and O–H groups in total. The summed E-state index contributed by atoms with van der Waals surface area (Å²) >= 11 is 4.68. The predicted molar refractivity (Wildman–Crippen MR) is 46.9 cm³/mol. The first-order valence-electron chi connectivity index (χ1n) is 3.46. The summed E-state index contributed by atoms with van der Waals surface area (Å²) in [5.74, 6) is 0. The van der Waals surface area contributed by atoms with Crippen LogP contribution in [0.5, 0.6) is 0 Å². The smallest absolute Gasteiger partial charge is 0.0210 e. The molecule has 0 heterocycles. The molecule has 0 nitrogen and oxygen atoms in total. The summed E-state index contributed by atoms with van der Waals surface area (Å²) in [4.78, 5) is 0. The summed E-state index contributed by atoms with van der Waals surface area (Å²) in [5.41, 5.74) is 0. The van der Waals surface area contributed by atoms with Gasteiger partial charge in [-0.1, -0.05) is 24.7 Å². The lowest BCUT2D eigenvalue weighted by Gasteiger charge is -1.92. The van der Waals surface area contributed by atoms with Crippen molar-refractivity contribution < 1.29 is 0 Å². The fraction of sp³-hybridized carbons (Fsp3) is 0.625. The van der Waals surface area contributed by atoms with E-state index in [-0.39, 0.29) is 0 Å². The van der Waals surface area contributed by atoms with Gasteiger partial charge in [-0.3, -0.25) is 0 Å². The molecular weight excluding hydrogens is 128 g/mol. The van der Waals surface area contributed by atoms with Crippen molar-refractivity contribution in [3.63, 3.8) is 0 Å². The molecule has 0 unspecified atom stereocenters. The minimum absolute atomic E-state index is 1.09. The summed E-state index contributed by atoms with van der Waals surface area (Å²) < 4.78 is 0. The maximum atomic E-state index is 4.68. The average Bonchev–Trinajstić information content (AvgIpc) is 1.89. The van der Waals surface area contributed by atoms with Crippen LogP contribution in [0, 0.1) is 0 Å². The minimum atomic E-state index is 1.09. The monoisotopic (exact) mass is 142 g/mol. The second-order valence-corrected chi connectivity index (χ2v) is 2.43. The standard InChI is InChI=1S/C8H14S/c1-2-3-4-5-6-7-8-9/h2,8H,1,3-7H2. The molecule has 0 rings (SSSR count). The first kappa shape index (κ1) is 8.83. The van der Waals surface area contributed by atoms with Crippen molar-refractivity contribution in [3.05, 3.63) is 12.7 Å². The van der Waals surface area contributed by atoms with Crippen LogP contribution in [-0.2, 0) is 0 Å². The van der Waals surface area contributed by atoms with Gasteiger partial charge >= 0.3 is 0 Å². The number of allylic oxidation sites excluding steroid dienone is 1. The zero-order valence-electron chi connectivity index (χ0n) is 5.81. The van der Waals surface area contributed by atoms with Gasteiger partial charge in [0.25, 0.3) is 0 Å². The lowest BCUT2D eigenvalue weighted by atomic mass is 10.2. The van der Waals surface area contributed by atoms with Crippen molar-refractivity contribution in [1.82, 2.24) is 0 Å². The van der Waals surface area contributed by atoms with Gasteiger partial charge in [0, 0.05) is 0 Å². The van der Waals surface area contributed by atoms with Crippen LogP contribution in [0.1, 0.15) is 32.1 Å². The van der Waals surface area contributed by atoms with Gasteiger partial charge in [0.05, 0.1) is 0 Å². The highest BCUT2D eigenvalue weighted by atomic mass is 32.1. The molecular formula is C8H14S. The fourth-order valence-electron chi connectivity index (χ4n) is 0.693. The zero-order valence-corrected chi connectivity index (χ0v) is 6.62. The van der Waals surface area contributed by atoms with Crippen molar-refractivity contribution in [1.29, 1.82) is 0 Å². The average molecular weight is 142 g/mol. The van der Waals surface area contributed by atoms with E-state index in [1.165, 1.54) is 19.3 Å². The van der Waals surface area contributed by atoms with E-state index in [4.69, 9.17) is 0 Å². The molecule has 0 fully saturated rings. The Kier molecular flexibility index (Phi) is 7.68. The molecule has 0 radical (unpaired) electrons. The topological polar surface area (TPSA) is 0 Å². The van der Waals surface area contributed by atoms with Crippen LogP contribution >= 0.6 is 12.2 Å². The van der Waals surface area contributed by atoms with E-state index in [0.29, 0.717) is 0 Å². The summed E-state index contributed by atoms with van der Waals surface area (Å²) in [6.45, 7) is 3.65. The van der Waals surface area contributed by atoms with Crippen molar-refractivity contribution in [2.75, 3.05) is 0 Å². The van der Waals surface area contributed by atoms with Crippen LogP contribution in [0.25, 0.3) is 0 Å². The molecule has 0 aliphatic carbocycles. The maximum Gasteiger partial charge on any atom is -0.0210 e. The van der Waals surface area contributed by atoms with Gasteiger partial charge in [0.15, 0.2) is 0 Å². The zero-order chi connectivity index (χ0) is 6.95. The van der Waals surface area contributed by atoms with E-state index in [9.17, 15) is 0 Å². The van der Waals surface area contributed by atoms with Crippen LogP contribution in [0.3, 0.4) is 0 Å². The number of rotatable bonds is 6. The number of unbranched alkanes of at least 4 members (excludes halogenated alkanes) is 4. The first-order chi connectivity index (χ1) is 4.41. The lowest BCUT2D eigenvalue weighted by Crippen LogP contribution is -1.75. The Bertz CT molecular complexity index is 66.6. The van der Waals surface area contributed by atoms with Gasteiger partial charge in [0.1, 0.15) is 0 Å². The lowest BCUT2D eigenvalue weighted by molar-refractivity contribution is 0.711. The quantitative estimate of drug-likeness (QED) is 0.312. The first-order valence-corrected chi connectivity index (χ1v) is 3.93. The second kappa shape index (κ2) is 7.83. The van der Waals surface area contributed by atoms with Gasteiger partial charge in [-0.05, 0) is 31.1 Å². The summed E-state index contributed by atoms with van der Waals surface area (Å²) in [6, 6.07) is 0. The van der Waals surface area contributed by atoms with E-state index in [1.54, 1.807) is 0 Å². The number of hydrogen-bond acceptors (Lipinski definition) is 1. The Balaban J connectivity index is 2.74. The molecule has 9 heavy (non-hydrogen) atoms. The number of thiocarbonyl (C=S) groups is 1. The highest BCUT2D eigenvalue weighted by Crippen LogP contribution is 2.01. The second-order valence-electron chi connectivity index (χ2n) is 2.09. The highest BCUT2D eigenvalue weighted by Gasteiger charge is 1.83. The van der Waals surface area contributed by atoms with Crippen LogP contribution < -0.4 is 0 Å². The molecule has 0 bridgehead atoms. The fourth-order valence-corrected chi connectivity index (χ4v) is 0.860. The molecule has 0 aliphatic heterocycles. The summed E-state index contributed by atoms with van der Waals surface area (Å²) in [5, 5.41) is 1.81. The van der Waals surface area contributed by atoms with Gasteiger partial charge in [-0.15, -0.1) is 6.58 Å². The maximum absolute atomic E-state index is 4.68. The molecule has 0 aromatic carbocycles. The number of hydrogen-bond donors (Lipinski definition) is 0. The van der Waals surface area contributed by atoms with Gasteiger partial charge in [-0.25, -0.2) is 0 Å². The SMILES string of the molecule is C=CCCCCCC=S. The van der Waals surface area contributed by atoms with Crippen LogP contribution in [0.2, 0.25) is 0 Å². The molecule has 1 heteroatoms. The summed E-state index contributed by atoms with van der Waals surface area (Å²) in [7, 11) is 0. The third-order valence-corrected chi connectivity index (χ3v) is 1.47. The van der Waals surface area contributed by atoms with Gasteiger partial charge in [-0.2, -0.15) is 0 Å². The van der Waals surface area contributed by atoms with E-state index in [0.717, 1.165) is 12.8 Å². The molecule has 0 amide bonds. The van der Waals surface area contributed by atoms with E-state index in [2.05, 4.69) is 18.8 Å². The van der Waals surface area contributed by atoms with Crippen LogP contribution in [0.15, 0.2) is 12.7 Å².